The van der Waals surface area contributed by atoms with E-state index in [0.717, 1.165) is 27.6 Å². The number of aliphatic hydroxyl groups is 1. The Balaban J connectivity index is 1.07. The molecule has 1 aromatic carbocycles. The van der Waals surface area contributed by atoms with Crippen molar-refractivity contribution in [2.45, 2.75) is 88.0 Å². The van der Waals surface area contributed by atoms with E-state index in [1.54, 1.807) is 41.6 Å². The van der Waals surface area contributed by atoms with Gasteiger partial charge in [0.25, 0.3) is 0 Å². The molecule has 5 aliphatic rings. The van der Waals surface area contributed by atoms with Gasteiger partial charge in [-0.2, -0.15) is 0 Å². The van der Waals surface area contributed by atoms with Gasteiger partial charge in [0.05, 0.1) is 29.5 Å². The first-order valence-corrected chi connectivity index (χ1v) is 23.3. The zero-order valence-corrected chi connectivity index (χ0v) is 36.0. The Morgan fingerprint density at radius 3 is 2.79 bits per heavy atom. The minimum absolute atomic E-state index is 0.0477. The molecule has 7 atom stereocenters. The van der Waals surface area contributed by atoms with Crippen molar-refractivity contribution < 1.29 is 33.6 Å². The molecule has 2 bridgehead atoms. The summed E-state index contributed by atoms with van der Waals surface area (Å²) in [6, 6.07) is 4.70. The number of epoxide rings is 1. The van der Waals surface area contributed by atoms with E-state index in [2.05, 4.69) is 56.1 Å². The molecule has 15 nitrogen and oxygen atoms in total. The van der Waals surface area contributed by atoms with Crippen molar-refractivity contribution in [1.29, 1.82) is 0 Å². The van der Waals surface area contributed by atoms with E-state index in [0.29, 0.717) is 79.0 Å². The largest absolute Gasteiger partial charge is 0.507 e. The molecule has 61 heavy (non-hydrogen) atoms. The molecule has 324 valence electrons. The highest BCUT2D eigenvalue weighted by molar-refractivity contribution is 8.76. The van der Waals surface area contributed by atoms with Gasteiger partial charge in [0.15, 0.2) is 11.0 Å². The van der Waals surface area contributed by atoms with Gasteiger partial charge in [0.1, 0.15) is 45.8 Å². The number of aryl methyl sites for hydroxylation is 1. The minimum Gasteiger partial charge on any atom is -0.507 e. The van der Waals surface area contributed by atoms with Crippen molar-refractivity contribution in [2.75, 3.05) is 31.7 Å². The number of allylic oxidation sites excluding steroid dienone is 2. The summed E-state index contributed by atoms with van der Waals surface area (Å²) in [6.07, 6.45) is 13.1. The number of aliphatic hydroxyl groups excluding tert-OH is 1. The standard InChI is InChI=1S/C44H53N7O8S2/c1-23-12-33(53)39-35(56-23)17-34-29(40(39)54)16-37-43(2,58-34)8-11-60-61-22-30-28(15-27(49-41(30)46)20-51-19-25-6-9-48-32(25)21-51)31-13-24(14-38(45)50-31)4-5-36-44(59-36,42(55)57-37)26(7-10-52)18-47-3/h6,9,12-15,17,19,21,26-27,31,36-37,47-50,52,54H,4-5,7-8,10-11,16,18,20,22,45-46H2,1-3H3. The Labute approximate surface area is 360 Å². The monoisotopic (exact) mass is 871 g/mol. The first-order chi connectivity index (χ1) is 29.4. The van der Waals surface area contributed by atoms with Gasteiger partial charge in [-0.25, -0.2) is 4.79 Å². The fourth-order valence-corrected chi connectivity index (χ4v) is 11.9. The number of aromatic nitrogens is 2. The molecule has 1 fully saturated rings. The van der Waals surface area contributed by atoms with Crippen LogP contribution < -0.4 is 37.6 Å². The number of carbonyl (C=O) groups is 1. The summed E-state index contributed by atoms with van der Waals surface area (Å²) in [5, 5.41) is 33.2. The van der Waals surface area contributed by atoms with Crippen molar-refractivity contribution in [2.24, 2.45) is 17.4 Å². The summed E-state index contributed by atoms with van der Waals surface area (Å²) in [5.41, 5.74) is 15.4. The van der Waals surface area contributed by atoms with Crippen LogP contribution in [-0.4, -0.2) is 92.9 Å². The lowest BCUT2D eigenvalue weighted by molar-refractivity contribution is -0.171. The van der Waals surface area contributed by atoms with Crippen LogP contribution in [0.3, 0.4) is 0 Å². The zero-order chi connectivity index (χ0) is 42.6. The molecule has 8 heterocycles. The van der Waals surface area contributed by atoms with Crippen LogP contribution in [0, 0.1) is 12.8 Å². The fourth-order valence-electron chi connectivity index (χ4n) is 9.53. The third kappa shape index (κ3) is 7.79. The predicted octanol–water partition coefficient (Wildman–Crippen LogP) is 4.08. The minimum atomic E-state index is -1.34. The maximum atomic E-state index is 14.8. The number of H-pyrrole nitrogens is 1. The molecule has 4 aromatic rings. The van der Waals surface area contributed by atoms with E-state index in [4.69, 9.17) is 30.1 Å². The molecule has 0 saturated carbocycles. The van der Waals surface area contributed by atoms with Gasteiger partial charge in [0.2, 0.25) is 0 Å². The Bertz CT molecular complexity index is 2530. The van der Waals surface area contributed by atoms with Crippen molar-refractivity contribution in [3.05, 3.63) is 105 Å². The zero-order valence-electron chi connectivity index (χ0n) is 34.4. The van der Waals surface area contributed by atoms with Crippen molar-refractivity contribution in [1.82, 2.24) is 25.5 Å². The van der Waals surface area contributed by atoms with Gasteiger partial charge in [0, 0.05) is 97.2 Å². The summed E-state index contributed by atoms with van der Waals surface area (Å²) < 4.78 is 27.8. The van der Waals surface area contributed by atoms with Gasteiger partial charge >= 0.3 is 5.97 Å². The molecule has 10 N–H and O–H groups in total. The summed E-state index contributed by atoms with van der Waals surface area (Å²) in [6.45, 7) is 4.52. The number of aromatic hydroxyl groups is 1. The van der Waals surface area contributed by atoms with Crippen LogP contribution in [0.5, 0.6) is 11.5 Å². The molecule has 0 amide bonds. The topological polar surface area (TPSA) is 228 Å². The number of nitrogens with two attached hydrogens (primary N) is 2. The lowest BCUT2D eigenvalue weighted by Gasteiger charge is -2.42. The lowest BCUT2D eigenvalue weighted by Crippen LogP contribution is -2.54. The van der Waals surface area contributed by atoms with E-state index in [9.17, 15) is 19.8 Å². The third-order valence-corrected chi connectivity index (χ3v) is 15.0. The number of fused-ring (bicyclic) bond motifs is 8. The highest BCUT2D eigenvalue weighted by Gasteiger charge is 2.68. The van der Waals surface area contributed by atoms with Crippen molar-refractivity contribution in [3.8, 4) is 11.5 Å². The number of ether oxygens (including phenoxy) is 3. The Kier molecular flexibility index (Phi) is 11.1. The van der Waals surface area contributed by atoms with Crippen LogP contribution in [0.2, 0.25) is 0 Å². The van der Waals surface area contributed by atoms with Gasteiger partial charge in [-0.1, -0.05) is 33.7 Å². The van der Waals surface area contributed by atoms with E-state index >= 15 is 0 Å². The van der Waals surface area contributed by atoms with Crippen LogP contribution in [0.15, 0.2) is 92.6 Å². The normalized spacial score (nSPS) is 28.5. The van der Waals surface area contributed by atoms with Crippen LogP contribution in [0.25, 0.3) is 21.9 Å². The van der Waals surface area contributed by atoms with Gasteiger partial charge in [-0.05, 0) is 63.4 Å². The summed E-state index contributed by atoms with van der Waals surface area (Å²) in [5.74, 6) is 1.94. The number of nitrogens with one attached hydrogen (secondary N) is 4. The number of esters is 1. The number of rotatable bonds is 7. The first-order valence-electron chi connectivity index (χ1n) is 20.8. The Morgan fingerprint density at radius 2 is 1.98 bits per heavy atom. The average Bonchev–Trinajstić information content (AvgIpc) is 3.58. The number of phenolic OH excluding ortho intramolecular Hbond substituents is 1. The number of aromatic amines is 1. The molecule has 7 unspecified atom stereocenters. The molecule has 0 radical (unpaired) electrons. The number of benzene rings is 1. The molecular weight excluding hydrogens is 819 g/mol. The number of phenols is 1. The van der Waals surface area contributed by atoms with Crippen LogP contribution in [0.1, 0.15) is 43.9 Å². The smallest absolute Gasteiger partial charge is 0.341 e. The van der Waals surface area contributed by atoms with Crippen LogP contribution in [0.4, 0.5) is 0 Å². The molecule has 5 aliphatic heterocycles. The predicted molar refractivity (Wildman–Crippen MR) is 237 cm³/mol. The second-order valence-corrected chi connectivity index (χ2v) is 19.5. The Morgan fingerprint density at radius 1 is 1.13 bits per heavy atom. The highest BCUT2D eigenvalue weighted by atomic mass is 33.1. The molecule has 0 spiro atoms. The second kappa shape index (κ2) is 16.4. The summed E-state index contributed by atoms with van der Waals surface area (Å²) in [7, 11) is 5.13. The molecule has 17 heteroatoms. The fraction of sp³-hybridized carbons (Fsp3) is 0.455. The van der Waals surface area contributed by atoms with Crippen molar-refractivity contribution in [3.63, 3.8) is 0 Å². The van der Waals surface area contributed by atoms with Gasteiger partial charge in [-0.15, -0.1) is 0 Å². The number of nitrogens with zero attached hydrogens (tertiary/aromatic N) is 1. The van der Waals surface area contributed by atoms with Gasteiger partial charge in [-0.3, -0.25) is 4.79 Å². The number of carbonyl (C=O) groups excluding carboxylic acids is 1. The molecule has 9 rings (SSSR count). The highest BCUT2D eigenvalue weighted by Crippen LogP contribution is 2.51. The number of dihydropyridines is 2. The molecule has 1 saturated heterocycles. The third-order valence-electron chi connectivity index (χ3n) is 12.7. The van der Waals surface area contributed by atoms with E-state index in [-0.39, 0.29) is 47.3 Å². The number of hydrogen-bond donors (Lipinski definition) is 8. The quantitative estimate of drug-likeness (QED) is 0.0744. The van der Waals surface area contributed by atoms with E-state index < -0.39 is 35.3 Å². The van der Waals surface area contributed by atoms with Crippen LogP contribution in [-0.2, 0) is 27.2 Å². The van der Waals surface area contributed by atoms with E-state index in [1.807, 2.05) is 19.2 Å². The second-order valence-electron chi connectivity index (χ2n) is 16.9. The Hall–Kier alpha value is -4.94. The van der Waals surface area contributed by atoms with E-state index in [1.165, 1.54) is 6.07 Å². The first kappa shape index (κ1) is 41.4. The number of hydrogen-bond acceptors (Lipinski definition) is 15. The SMILES string of the molecule is CNCC(CCO)C12OC1CCC1=CC(NC(N)=C1)C1=CC(Cn3cc4cc[nH]c4c3)NC(N)=C1CSSCCC1(C)Oc3cc4oc(C)cc(=O)c4c(O)c3CC1OC2=O. The van der Waals surface area contributed by atoms with Crippen molar-refractivity contribution >= 4 is 49.4 Å². The summed E-state index contributed by atoms with van der Waals surface area (Å²) in [4.78, 5) is 31.1. The molecule has 0 aliphatic carbocycles. The maximum absolute atomic E-state index is 14.8. The summed E-state index contributed by atoms with van der Waals surface area (Å²) >= 11 is 0. The maximum Gasteiger partial charge on any atom is 0.341 e. The van der Waals surface area contributed by atoms with Gasteiger partial charge < -0.3 is 65.8 Å². The average molecular weight is 872 g/mol. The lowest BCUT2D eigenvalue weighted by atomic mass is 9.83. The molecular formula is C44H53N7O8S2. The van der Waals surface area contributed by atoms with Crippen LogP contribution >= 0.6 is 21.6 Å². The molecule has 3 aromatic heterocycles.